The summed E-state index contributed by atoms with van der Waals surface area (Å²) in [6, 6.07) is 0.435. The van der Waals surface area contributed by atoms with Crippen molar-refractivity contribution in [3.63, 3.8) is 0 Å². The predicted molar refractivity (Wildman–Crippen MR) is 55.7 cm³/mol. The van der Waals surface area contributed by atoms with Crippen LogP contribution in [0.2, 0.25) is 0 Å². The molecule has 3 unspecified atom stereocenters. The molecule has 0 aromatic heterocycles. The first kappa shape index (κ1) is 9.97. The molecular weight excluding hydrogens is 176 g/mol. The lowest BCUT2D eigenvalue weighted by atomic mass is 9.81. The Morgan fingerprint density at radius 3 is 2.71 bits per heavy atom. The largest absolute Gasteiger partial charge is 0.340 e. The molecule has 1 heterocycles. The van der Waals surface area contributed by atoms with E-state index in [1.54, 1.807) is 0 Å². The molecule has 80 valence electrons. The van der Waals surface area contributed by atoms with E-state index in [0.29, 0.717) is 12.0 Å². The highest BCUT2D eigenvalue weighted by molar-refractivity contribution is 5.80. The van der Waals surface area contributed by atoms with Gasteiger partial charge in [-0.1, -0.05) is 26.7 Å². The molecule has 0 radical (unpaired) electrons. The molecule has 3 heteroatoms. The summed E-state index contributed by atoms with van der Waals surface area (Å²) < 4.78 is 0. The Morgan fingerprint density at radius 1 is 1.29 bits per heavy atom. The summed E-state index contributed by atoms with van der Waals surface area (Å²) in [5, 5.41) is 6.62. The summed E-state index contributed by atoms with van der Waals surface area (Å²) >= 11 is 0. The molecule has 3 nitrogen and oxygen atoms in total. The van der Waals surface area contributed by atoms with Crippen molar-refractivity contribution in [2.24, 2.45) is 11.8 Å². The molecule has 2 N–H and O–H groups in total. The second-order valence-corrected chi connectivity index (χ2v) is 4.89. The van der Waals surface area contributed by atoms with Crippen LogP contribution in [0.15, 0.2) is 0 Å². The number of carbonyl (C=O) groups excluding carboxylic acids is 1. The van der Waals surface area contributed by atoms with Crippen LogP contribution >= 0.6 is 0 Å². The zero-order valence-corrected chi connectivity index (χ0v) is 9.05. The van der Waals surface area contributed by atoms with Gasteiger partial charge in [-0.15, -0.1) is 0 Å². The van der Waals surface area contributed by atoms with Crippen LogP contribution in [0, 0.1) is 11.8 Å². The van der Waals surface area contributed by atoms with Crippen molar-refractivity contribution in [3.05, 3.63) is 0 Å². The molecule has 0 aromatic rings. The van der Waals surface area contributed by atoms with E-state index in [4.69, 9.17) is 0 Å². The maximum atomic E-state index is 11.8. The number of carbonyl (C=O) groups is 1. The zero-order valence-electron chi connectivity index (χ0n) is 9.05. The Kier molecular flexibility index (Phi) is 2.77. The monoisotopic (exact) mass is 196 g/mol. The molecule has 2 aliphatic rings. The van der Waals surface area contributed by atoms with Gasteiger partial charge in [-0.05, 0) is 18.8 Å². The normalized spacial score (nSPS) is 37.9. The van der Waals surface area contributed by atoms with Crippen molar-refractivity contribution in [3.8, 4) is 0 Å². The average molecular weight is 196 g/mol. The summed E-state index contributed by atoms with van der Waals surface area (Å²) in [7, 11) is 0. The first-order valence-electron chi connectivity index (χ1n) is 5.75. The fourth-order valence-electron chi connectivity index (χ4n) is 2.54. The standard InChI is InChI=1S/C11H20N2O/c1-7(2)10-12-9-6-4-3-5-8(9)11(14)13-10/h7-10,12H,3-6H2,1-2H3,(H,13,14). The summed E-state index contributed by atoms with van der Waals surface area (Å²) in [5.74, 6) is 0.979. The highest BCUT2D eigenvalue weighted by Crippen LogP contribution is 2.27. The molecule has 1 amide bonds. The summed E-state index contributed by atoms with van der Waals surface area (Å²) in [6.45, 7) is 4.28. The lowest BCUT2D eigenvalue weighted by Crippen LogP contribution is -2.63. The molecule has 0 bridgehead atoms. The number of fused-ring (bicyclic) bond motifs is 1. The molecule has 14 heavy (non-hydrogen) atoms. The minimum absolute atomic E-state index is 0.182. The van der Waals surface area contributed by atoms with Crippen LogP contribution in [0.25, 0.3) is 0 Å². The van der Waals surface area contributed by atoms with Crippen molar-refractivity contribution in [2.75, 3.05) is 0 Å². The van der Waals surface area contributed by atoms with Gasteiger partial charge in [0.15, 0.2) is 0 Å². The fourth-order valence-corrected chi connectivity index (χ4v) is 2.54. The predicted octanol–water partition coefficient (Wildman–Crippen LogP) is 1.25. The van der Waals surface area contributed by atoms with E-state index in [2.05, 4.69) is 24.5 Å². The number of rotatable bonds is 1. The maximum Gasteiger partial charge on any atom is 0.225 e. The van der Waals surface area contributed by atoms with Gasteiger partial charge < -0.3 is 5.32 Å². The lowest BCUT2D eigenvalue weighted by molar-refractivity contribution is -0.131. The van der Waals surface area contributed by atoms with Gasteiger partial charge in [-0.3, -0.25) is 10.1 Å². The van der Waals surface area contributed by atoms with Gasteiger partial charge in [0.1, 0.15) is 0 Å². The molecule has 3 atom stereocenters. The first-order chi connectivity index (χ1) is 6.68. The van der Waals surface area contributed by atoms with E-state index in [0.717, 1.165) is 6.42 Å². The number of amides is 1. The van der Waals surface area contributed by atoms with Crippen molar-refractivity contribution in [2.45, 2.75) is 51.7 Å². The van der Waals surface area contributed by atoms with E-state index in [-0.39, 0.29) is 18.0 Å². The Hall–Kier alpha value is -0.570. The average Bonchev–Trinajstić information content (AvgIpc) is 2.17. The summed E-state index contributed by atoms with van der Waals surface area (Å²) in [6.07, 6.45) is 4.90. The molecule has 1 saturated heterocycles. The SMILES string of the molecule is CC(C)C1NC(=O)C2CCCCC2N1. The minimum Gasteiger partial charge on any atom is -0.340 e. The number of hydrogen-bond donors (Lipinski definition) is 2. The smallest absolute Gasteiger partial charge is 0.225 e. The molecule has 0 aromatic carbocycles. The van der Waals surface area contributed by atoms with Crippen LogP contribution in [0.5, 0.6) is 0 Å². The van der Waals surface area contributed by atoms with Gasteiger partial charge in [0.2, 0.25) is 5.91 Å². The third-order valence-corrected chi connectivity index (χ3v) is 3.46. The Morgan fingerprint density at radius 2 is 2.00 bits per heavy atom. The molecule has 1 saturated carbocycles. The topological polar surface area (TPSA) is 41.1 Å². The number of hydrogen-bond acceptors (Lipinski definition) is 2. The van der Waals surface area contributed by atoms with Gasteiger partial charge in [0.25, 0.3) is 0 Å². The molecular formula is C11H20N2O. The van der Waals surface area contributed by atoms with Crippen LogP contribution in [-0.4, -0.2) is 18.1 Å². The Balaban J connectivity index is 2.04. The fraction of sp³-hybridized carbons (Fsp3) is 0.909. The van der Waals surface area contributed by atoms with Crippen LogP contribution in [0.4, 0.5) is 0 Å². The van der Waals surface area contributed by atoms with Gasteiger partial charge in [0, 0.05) is 6.04 Å². The van der Waals surface area contributed by atoms with Crippen molar-refractivity contribution in [1.82, 2.24) is 10.6 Å². The van der Waals surface area contributed by atoms with E-state index in [9.17, 15) is 4.79 Å². The van der Waals surface area contributed by atoms with Crippen LogP contribution in [0.1, 0.15) is 39.5 Å². The highest BCUT2D eigenvalue weighted by atomic mass is 16.2. The van der Waals surface area contributed by atoms with Gasteiger partial charge in [-0.2, -0.15) is 0 Å². The maximum absolute atomic E-state index is 11.8. The van der Waals surface area contributed by atoms with Crippen molar-refractivity contribution in [1.29, 1.82) is 0 Å². The van der Waals surface area contributed by atoms with E-state index < -0.39 is 0 Å². The summed E-state index contributed by atoms with van der Waals surface area (Å²) in [5.41, 5.74) is 0. The van der Waals surface area contributed by atoms with Gasteiger partial charge in [-0.25, -0.2) is 0 Å². The third kappa shape index (κ3) is 1.78. The second kappa shape index (κ2) is 3.89. The summed E-state index contributed by atoms with van der Waals surface area (Å²) in [4.78, 5) is 11.8. The molecule has 2 fully saturated rings. The van der Waals surface area contributed by atoms with Crippen LogP contribution in [0.3, 0.4) is 0 Å². The molecule has 2 rings (SSSR count). The van der Waals surface area contributed by atoms with Crippen molar-refractivity contribution >= 4 is 5.91 Å². The molecule has 1 aliphatic carbocycles. The van der Waals surface area contributed by atoms with E-state index in [1.807, 2.05) is 0 Å². The molecule has 0 spiro atoms. The van der Waals surface area contributed by atoms with Crippen LogP contribution < -0.4 is 10.6 Å². The van der Waals surface area contributed by atoms with Gasteiger partial charge in [0.05, 0.1) is 12.1 Å². The number of nitrogens with one attached hydrogen (secondary N) is 2. The Bertz CT molecular complexity index is 227. The van der Waals surface area contributed by atoms with Crippen molar-refractivity contribution < 1.29 is 4.79 Å². The van der Waals surface area contributed by atoms with Gasteiger partial charge >= 0.3 is 0 Å². The Labute approximate surface area is 85.6 Å². The third-order valence-electron chi connectivity index (χ3n) is 3.46. The highest BCUT2D eigenvalue weighted by Gasteiger charge is 2.37. The quantitative estimate of drug-likeness (QED) is 0.662. The second-order valence-electron chi connectivity index (χ2n) is 4.89. The lowest BCUT2D eigenvalue weighted by Gasteiger charge is -2.41. The minimum atomic E-state index is 0.182. The van der Waals surface area contributed by atoms with Crippen LogP contribution in [-0.2, 0) is 4.79 Å². The van der Waals surface area contributed by atoms with E-state index in [1.165, 1.54) is 19.3 Å². The molecule has 1 aliphatic heterocycles. The van der Waals surface area contributed by atoms with E-state index >= 15 is 0 Å². The zero-order chi connectivity index (χ0) is 10.1. The first-order valence-corrected chi connectivity index (χ1v) is 5.75.